The van der Waals surface area contributed by atoms with E-state index in [1.807, 2.05) is 0 Å². The summed E-state index contributed by atoms with van der Waals surface area (Å²) in [7, 11) is -3.77. The molecule has 0 saturated heterocycles. The van der Waals surface area contributed by atoms with Crippen molar-refractivity contribution < 1.29 is 17.6 Å². The van der Waals surface area contributed by atoms with E-state index in [1.54, 1.807) is 31.2 Å². The number of hydrogen-bond donors (Lipinski definition) is 1. The molecule has 24 heavy (non-hydrogen) atoms. The summed E-state index contributed by atoms with van der Waals surface area (Å²) < 4.78 is 38.2. The number of amides is 1. The summed E-state index contributed by atoms with van der Waals surface area (Å²) in [5.74, 6) is -1.57. The van der Waals surface area contributed by atoms with Gasteiger partial charge in [0.05, 0.1) is 5.75 Å². The lowest BCUT2D eigenvalue weighted by atomic mass is 10.2. The van der Waals surface area contributed by atoms with Gasteiger partial charge in [-0.05, 0) is 43.2 Å². The van der Waals surface area contributed by atoms with Crippen LogP contribution in [0.2, 0.25) is 5.02 Å². The highest BCUT2D eigenvalue weighted by molar-refractivity contribution is 7.92. The molecule has 0 aromatic heterocycles. The van der Waals surface area contributed by atoms with E-state index in [9.17, 15) is 17.6 Å². The molecule has 0 bridgehead atoms. The molecule has 0 saturated carbocycles. The molecule has 1 N–H and O–H groups in total. The van der Waals surface area contributed by atoms with E-state index in [4.69, 9.17) is 11.6 Å². The largest absolute Gasteiger partial charge is 0.325 e. The van der Waals surface area contributed by atoms with Crippen molar-refractivity contribution >= 4 is 33.0 Å². The zero-order valence-electron chi connectivity index (χ0n) is 13.2. The van der Waals surface area contributed by atoms with Gasteiger partial charge in [0.1, 0.15) is 11.1 Å². The average Bonchev–Trinajstić information content (AvgIpc) is 2.52. The van der Waals surface area contributed by atoms with Gasteiger partial charge < -0.3 is 5.32 Å². The molecule has 2 aromatic rings. The molecule has 2 aromatic carbocycles. The fourth-order valence-electron chi connectivity index (χ4n) is 2.08. The van der Waals surface area contributed by atoms with E-state index in [0.29, 0.717) is 16.1 Å². The van der Waals surface area contributed by atoms with Gasteiger partial charge in [0.25, 0.3) is 0 Å². The second-order valence-electron chi connectivity index (χ2n) is 5.49. The Morgan fingerprint density at radius 1 is 1.25 bits per heavy atom. The van der Waals surface area contributed by atoms with Crippen molar-refractivity contribution in [3.05, 3.63) is 64.4 Å². The van der Waals surface area contributed by atoms with Crippen LogP contribution in [0.3, 0.4) is 0 Å². The van der Waals surface area contributed by atoms with Gasteiger partial charge in [-0.15, -0.1) is 0 Å². The first kappa shape index (κ1) is 18.4. The number of benzene rings is 2. The minimum atomic E-state index is -3.77. The quantitative estimate of drug-likeness (QED) is 0.873. The van der Waals surface area contributed by atoms with Gasteiger partial charge in [-0.25, -0.2) is 12.8 Å². The predicted molar refractivity (Wildman–Crippen MR) is 93.3 cm³/mol. The Hall–Kier alpha value is -1.92. The lowest BCUT2D eigenvalue weighted by molar-refractivity contribution is -0.115. The molecular weight excluding hydrogens is 353 g/mol. The molecule has 0 radical (unpaired) electrons. The molecule has 1 atom stereocenters. The van der Waals surface area contributed by atoms with E-state index in [1.165, 1.54) is 19.1 Å². The number of nitrogens with one attached hydrogen (secondary N) is 1. The highest BCUT2D eigenvalue weighted by Gasteiger charge is 2.29. The minimum Gasteiger partial charge on any atom is -0.325 e. The zero-order chi connectivity index (χ0) is 17.9. The summed E-state index contributed by atoms with van der Waals surface area (Å²) in [5.41, 5.74) is 1.32. The molecule has 0 aliphatic heterocycles. The first-order valence-electron chi connectivity index (χ1n) is 7.22. The molecule has 128 valence electrons. The highest BCUT2D eigenvalue weighted by atomic mass is 35.5. The molecule has 4 nitrogen and oxygen atoms in total. The Kier molecular flexibility index (Phi) is 5.62. The maximum atomic E-state index is 13.3. The van der Waals surface area contributed by atoms with Gasteiger partial charge in [-0.1, -0.05) is 35.9 Å². The molecule has 0 aliphatic carbocycles. The van der Waals surface area contributed by atoms with Gasteiger partial charge >= 0.3 is 0 Å². The third-order valence-electron chi connectivity index (χ3n) is 3.68. The Labute approximate surface area is 145 Å². The van der Waals surface area contributed by atoms with Crippen LogP contribution in [-0.4, -0.2) is 19.6 Å². The third kappa shape index (κ3) is 4.33. The van der Waals surface area contributed by atoms with Crippen LogP contribution in [0, 0.1) is 12.7 Å². The summed E-state index contributed by atoms with van der Waals surface area (Å²) in [4.78, 5) is 12.3. The standard InChI is InChI=1S/C17H17ClFNO3S/c1-11-7-8-14(19)9-16(11)20-17(21)12(2)24(22,23)10-13-5-3-4-6-15(13)18/h3-9,12H,10H2,1-2H3,(H,20,21). The van der Waals surface area contributed by atoms with Crippen molar-refractivity contribution in [1.29, 1.82) is 0 Å². The monoisotopic (exact) mass is 369 g/mol. The van der Waals surface area contributed by atoms with Crippen LogP contribution in [0.15, 0.2) is 42.5 Å². The Morgan fingerprint density at radius 3 is 2.58 bits per heavy atom. The number of aryl methyl sites for hydroxylation is 1. The van der Waals surface area contributed by atoms with E-state index < -0.39 is 26.8 Å². The molecule has 0 fully saturated rings. The number of sulfone groups is 1. The van der Waals surface area contributed by atoms with Crippen molar-refractivity contribution in [3.63, 3.8) is 0 Å². The Bertz CT molecular complexity index is 868. The average molecular weight is 370 g/mol. The first-order chi connectivity index (χ1) is 11.2. The lowest BCUT2D eigenvalue weighted by Crippen LogP contribution is -2.33. The van der Waals surface area contributed by atoms with E-state index >= 15 is 0 Å². The van der Waals surface area contributed by atoms with Crippen molar-refractivity contribution in [2.75, 3.05) is 5.32 Å². The lowest BCUT2D eigenvalue weighted by Gasteiger charge is -2.15. The number of carbonyl (C=O) groups is 1. The second-order valence-corrected chi connectivity index (χ2v) is 8.22. The van der Waals surface area contributed by atoms with Crippen molar-refractivity contribution in [1.82, 2.24) is 0 Å². The fourth-order valence-corrected chi connectivity index (χ4v) is 3.69. The van der Waals surface area contributed by atoms with E-state index in [2.05, 4.69) is 5.32 Å². The van der Waals surface area contributed by atoms with Crippen LogP contribution in [0.1, 0.15) is 18.1 Å². The second kappa shape index (κ2) is 7.32. The summed E-state index contributed by atoms with van der Waals surface area (Å²) in [6, 6.07) is 10.5. The van der Waals surface area contributed by atoms with Gasteiger partial charge in [-0.3, -0.25) is 4.79 Å². The Morgan fingerprint density at radius 2 is 1.92 bits per heavy atom. The first-order valence-corrected chi connectivity index (χ1v) is 9.32. The molecule has 0 spiro atoms. The number of rotatable bonds is 5. The van der Waals surface area contributed by atoms with Crippen LogP contribution >= 0.6 is 11.6 Å². The van der Waals surface area contributed by atoms with Gasteiger partial charge in [0.15, 0.2) is 9.84 Å². The van der Waals surface area contributed by atoms with Crippen molar-refractivity contribution in [3.8, 4) is 0 Å². The summed E-state index contributed by atoms with van der Waals surface area (Å²) in [6.07, 6.45) is 0. The van der Waals surface area contributed by atoms with Crippen LogP contribution in [0.5, 0.6) is 0 Å². The number of anilines is 1. The smallest absolute Gasteiger partial charge is 0.242 e. The topological polar surface area (TPSA) is 63.2 Å². The van der Waals surface area contributed by atoms with Crippen LogP contribution in [0.25, 0.3) is 0 Å². The number of halogens is 2. The summed E-state index contributed by atoms with van der Waals surface area (Å²) in [6.45, 7) is 2.99. The summed E-state index contributed by atoms with van der Waals surface area (Å²) in [5, 5.41) is 1.50. The van der Waals surface area contributed by atoms with Crippen LogP contribution in [0.4, 0.5) is 10.1 Å². The molecule has 0 aliphatic rings. The highest BCUT2D eigenvalue weighted by Crippen LogP contribution is 2.21. The SMILES string of the molecule is Cc1ccc(F)cc1NC(=O)C(C)S(=O)(=O)Cc1ccccc1Cl. The molecule has 7 heteroatoms. The van der Waals surface area contributed by atoms with E-state index in [0.717, 1.165) is 6.07 Å². The molecular formula is C17H17ClFNO3S. The zero-order valence-corrected chi connectivity index (χ0v) is 14.8. The van der Waals surface area contributed by atoms with Crippen LogP contribution in [-0.2, 0) is 20.4 Å². The summed E-state index contributed by atoms with van der Waals surface area (Å²) >= 11 is 5.98. The molecule has 1 amide bonds. The molecule has 2 rings (SSSR count). The molecule has 0 heterocycles. The predicted octanol–water partition coefficient (Wildman–Crippen LogP) is 3.73. The maximum Gasteiger partial charge on any atom is 0.242 e. The third-order valence-corrected chi connectivity index (χ3v) is 6.05. The number of hydrogen-bond acceptors (Lipinski definition) is 3. The van der Waals surface area contributed by atoms with Crippen LogP contribution < -0.4 is 5.32 Å². The van der Waals surface area contributed by atoms with E-state index in [-0.39, 0.29) is 11.4 Å². The van der Waals surface area contributed by atoms with Gasteiger partial charge in [-0.2, -0.15) is 0 Å². The van der Waals surface area contributed by atoms with Crippen molar-refractivity contribution in [2.45, 2.75) is 24.9 Å². The number of carbonyl (C=O) groups excluding carboxylic acids is 1. The van der Waals surface area contributed by atoms with Crippen molar-refractivity contribution in [2.24, 2.45) is 0 Å². The minimum absolute atomic E-state index is 0.250. The van der Waals surface area contributed by atoms with Gasteiger partial charge in [0.2, 0.25) is 5.91 Å². The fraction of sp³-hybridized carbons (Fsp3) is 0.235. The normalized spacial score (nSPS) is 12.7. The maximum absolute atomic E-state index is 13.3. The molecule has 1 unspecified atom stereocenters. The van der Waals surface area contributed by atoms with Gasteiger partial charge in [0, 0.05) is 10.7 Å². The Balaban J connectivity index is 2.17.